The third kappa shape index (κ3) is 3.93. The summed E-state index contributed by atoms with van der Waals surface area (Å²) in [6.07, 6.45) is 1.70. The molecule has 0 spiro atoms. The maximum absolute atomic E-state index is 13.5. The number of oxazole rings is 1. The zero-order valence-corrected chi connectivity index (χ0v) is 13.9. The molecule has 0 saturated carbocycles. The minimum absolute atomic E-state index is 0.0493. The van der Waals surface area contributed by atoms with Crippen LogP contribution in [0.1, 0.15) is 17.9 Å². The van der Waals surface area contributed by atoms with Crippen LogP contribution in [-0.2, 0) is 11.2 Å². The van der Waals surface area contributed by atoms with Crippen molar-refractivity contribution in [3.05, 3.63) is 71.5 Å². The van der Waals surface area contributed by atoms with Gasteiger partial charge in [-0.3, -0.25) is 4.79 Å². The molecule has 2 aromatic carbocycles. The van der Waals surface area contributed by atoms with Crippen molar-refractivity contribution in [3.63, 3.8) is 0 Å². The van der Waals surface area contributed by atoms with Crippen LogP contribution in [0.2, 0.25) is 0 Å². The van der Waals surface area contributed by atoms with Crippen molar-refractivity contribution in [3.8, 4) is 11.3 Å². The maximum atomic E-state index is 13.5. The van der Waals surface area contributed by atoms with Crippen LogP contribution >= 0.6 is 0 Å². The van der Waals surface area contributed by atoms with Gasteiger partial charge in [0, 0.05) is 18.4 Å². The molecule has 0 aliphatic carbocycles. The summed E-state index contributed by atoms with van der Waals surface area (Å²) in [4.78, 5) is 16.0. The van der Waals surface area contributed by atoms with E-state index < -0.39 is 29.0 Å². The molecule has 0 bridgehead atoms. The quantitative estimate of drug-likeness (QED) is 0.675. The highest BCUT2D eigenvalue weighted by molar-refractivity contribution is 5.90. The highest BCUT2D eigenvalue weighted by Gasteiger charge is 2.16. The van der Waals surface area contributed by atoms with E-state index in [9.17, 15) is 18.0 Å². The van der Waals surface area contributed by atoms with E-state index in [0.717, 1.165) is 23.3 Å². The standard InChI is InChI=1S/C19H15F3N2O2/c1-11-2-4-12(5-3-11)15-10-23-17(26-15)9-8-16(25)24-14-7-6-13(20)18(21)19(14)22/h2-7,10H,8-9H2,1H3,(H,24,25). The van der Waals surface area contributed by atoms with Crippen molar-refractivity contribution in [1.82, 2.24) is 4.98 Å². The summed E-state index contributed by atoms with van der Waals surface area (Å²) in [5.41, 5.74) is 1.57. The molecule has 0 unspecified atom stereocenters. The van der Waals surface area contributed by atoms with Crippen molar-refractivity contribution in [2.45, 2.75) is 19.8 Å². The zero-order chi connectivity index (χ0) is 18.7. The number of benzene rings is 2. The highest BCUT2D eigenvalue weighted by atomic mass is 19.2. The van der Waals surface area contributed by atoms with Crippen molar-refractivity contribution in [2.75, 3.05) is 5.32 Å². The number of carbonyl (C=O) groups is 1. The highest BCUT2D eigenvalue weighted by Crippen LogP contribution is 2.22. The monoisotopic (exact) mass is 360 g/mol. The normalized spacial score (nSPS) is 10.8. The Balaban J connectivity index is 1.60. The van der Waals surface area contributed by atoms with Crippen molar-refractivity contribution < 1.29 is 22.4 Å². The number of nitrogens with one attached hydrogen (secondary N) is 1. The SMILES string of the molecule is Cc1ccc(-c2cnc(CCC(=O)Nc3ccc(F)c(F)c3F)o2)cc1. The molecule has 1 heterocycles. The summed E-state index contributed by atoms with van der Waals surface area (Å²) in [7, 11) is 0. The molecule has 134 valence electrons. The third-order valence-electron chi connectivity index (χ3n) is 3.76. The van der Waals surface area contributed by atoms with Crippen LogP contribution in [0.4, 0.5) is 18.9 Å². The fourth-order valence-corrected chi connectivity index (χ4v) is 2.33. The van der Waals surface area contributed by atoms with Gasteiger partial charge in [-0.15, -0.1) is 0 Å². The van der Waals surface area contributed by atoms with E-state index in [2.05, 4.69) is 10.3 Å². The summed E-state index contributed by atoms with van der Waals surface area (Å²) in [5, 5.41) is 2.20. The smallest absolute Gasteiger partial charge is 0.224 e. The van der Waals surface area contributed by atoms with Crippen molar-refractivity contribution in [1.29, 1.82) is 0 Å². The second kappa shape index (κ2) is 7.43. The minimum atomic E-state index is -1.63. The number of rotatable bonds is 5. The second-order valence-electron chi connectivity index (χ2n) is 5.76. The first kappa shape index (κ1) is 17.7. The Bertz CT molecular complexity index is 936. The zero-order valence-electron chi connectivity index (χ0n) is 13.9. The van der Waals surface area contributed by atoms with E-state index in [1.54, 1.807) is 6.20 Å². The second-order valence-corrected chi connectivity index (χ2v) is 5.76. The largest absolute Gasteiger partial charge is 0.441 e. The Hall–Kier alpha value is -3.09. The van der Waals surface area contributed by atoms with Crippen LogP contribution < -0.4 is 5.32 Å². The number of nitrogens with zero attached hydrogens (tertiary/aromatic N) is 1. The molecule has 26 heavy (non-hydrogen) atoms. The van der Waals surface area contributed by atoms with E-state index in [4.69, 9.17) is 4.42 Å². The molecule has 4 nitrogen and oxygen atoms in total. The number of aromatic nitrogens is 1. The van der Waals surface area contributed by atoms with Gasteiger partial charge in [0.15, 0.2) is 29.1 Å². The van der Waals surface area contributed by atoms with E-state index in [1.165, 1.54) is 0 Å². The molecule has 0 radical (unpaired) electrons. The first-order chi connectivity index (χ1) is 12.4. The van der Waals surface area contributed by atoms with Gasteiger partial charge in [-0.25, -0.2) is 18.2 Å². The third-order valence-corrected chi connectivity index (χ3v) is 3.76. The summed E-state index contributed by atoms with van der Waals surface area (Å²) in [5.74, 6) is -4.02. The number of carbonyl (C=O) groups excluding carboxylic acids is 1. The van der Waals surface area contributed by atoms with Crippen LogP contribution in [0.5, 0.6) is 0 Å². The molecule has 3 rings (SSSR count). The predicted octanol–water partition coefficient (Wildman–Crippen LogP) is 4.64. The number of halogens is 3. The van der Waals surface area contributed by atoms with Crippen LogP contribution in [0.15, 0.2) is 47.0 Å². The van der Waals surface area contributed by atoms with Crippen LogP contribution in [0.3, 0.4) is 0 Å². The number of amides is 1. The predicted molar refractivity (Wildman–Crippen MR) is 89.9 cm³/mol. The molecule has 0 aliphatic heterocycles. The van der Waals surface area contributed by atoms with E-state index in [1.807, 2.05) is 31.2 Å². The maximum Gasteiger partial charge on any atom is 0.224 e. The van der Waals surface area contributed by atoms with Gasteiger partial charge in [0.25, 0.3) is 0 Å². The van der Waals surface area contributed by atoms with Gasteiger partial charge >= 0.3 is 0 Å². The molecule has 0 saturated heterocycles. The van der Waals surface area contributed by atoms with Crippen molar-refractivity contribution >= 4 is 11.6 Å². The molecule has 1 N–H and O–H groups in total. The van der Waals surface area contributed by atoms with Crippen molar-refractivity contribution in [2.24, 2.45) is 0 Å². The first-order valence-corrected chi connectivity index (χ1v) is 7.89. The number of aryl methyl sites for hydroxylation is 2. The Morgan fingerprint density at radius 3 is 2.54 bits per heavy atom. The lowest BCUT2D eigenvalue weighted by Gasteiger charge is -2.06. The number of hydrogen-bond donors (Lipinski definition) is 1. The lowest BCUT2D eigenvalue weighted by Crippen LogP contribution is -2.14. The molecular weight excluding hydrogens is 345 g/mol. The summed E-state index contributed by atoms with van der Waals surface area (Å²) in [6.45, 7) is 1.98. The van der Waals surface area contributed by atoms with E-state index >= 15 is 0 Å². The Kier molecular flexibility index (Phi) is 5.06. The summed E-state index contributed by atoms with van der Waals surface area (Å²) < 4.78 is 45.2. The Labute approximate surface area is 147 Å². The molecule has 0 atom stereocenters. The average Bonchev–Trinajstić information content (AvgIpc) is 3.10. The Morgan fingerprint density at radius 2 is 1.81 bits per heavy atom. The van der Waals surface area contributed by atoms with Crippen LogP contribution in [0, 0.1) is 24.4 Å². The van der Waals surface area contributed by atoms with Gasteiger partial charge in [-0.05, 0) is 19.1 Å². The minimum Gasteiger partial charge on any atom is -0.441 e. The van der Waals surface area contributed by atoms with Gasteiger partial charge in [0.1, 0.15) is 0 Å². The van der Waals surface area contributed by atoms with E-state index in [-0.39, 0.29) is 12.8 Å². The van der Waals surface area contributed by atoms with Crippen LogP contribution in [-0.4, -0.2) is 10.9 Å². The van der Waals surface area contributed by atoms with Gasteiger partial charge in [0.2, 0.25) is 5.91 Å². The lowest BCUT2D eigenvalue weighted by molar-refractivity contribution is -0.116. The van der Waals surface area contributed by atoms with Gasteiger partial charge in [-0.2, -0.15) is 0 Å². The van der Waals surface area contributed by atoms with Gasteiger partial charge < -0.3 is 9.73 Å². The fourth-order valence-electron chi connectivity index (χ4n) is 2.33. The lowest BCUT2D eigenvalue weighted by atomic mass is 10.1. The molecular formula is C19H15F3N2O2. The fraction of sp³-hybridized carbons (Fsp3) is 0.158. The molecule has 0 aliphatic rings. The summed E-state index contributed by atoms with van der Waals surface area (Å²) in [6, 6.07) is 9.40. The number of anilines is 1. The van der Waals surface area contributed by atoms with Gasteiger partial charge in [-0.1, -0.05) is 29.8 Å². The topological polar surface area (TPSA) is 55.1 Å². The van der Waals surface area contributed by atoms with Gasteiger partial charge in [0.05, 0.1) is 11.9 Å². The average molecular weight is 360 g/mol. The van der Waals surface area contributed by atoms with Crippen LogP contribution in [0.25, 0.3) is 11.3 Å². The Morgan fingerprint density at radius 1 is 1.08 bits per heavy atom. The molecule has 3 aromatic rings. The molecule has 0 fully saturated rings. The molecule has 1 amide bonds. The first-order valence-electron chi connectivity index (χ1n) is 7.89. The van der Waals surface area contributed by atoms with E-state index in [0.29, 0.717) is 11.7 Å². The molecule has 7 heteroatoms. The summed E-state index contributed by atoms with van der Waals surface area (Å²) >= 11 is 0. The number of hydrogen-bond acceptors (Lipinski definition) is 3. The molecule has 1 aromatic heterocycles.